The number of nitrogens with one attached hydrogen (secondary N) is 1. The Bertz CT molecular complexity index is 582. The fourth-order valence-corrected chi connectivity index (χ4v) is 1.50. The van der Waals surface area contributed by atoms with Gasteiger partial charge in [-0.2, -0.15) is 0 Å². The maximum absolute atomic E-state index is 13.0. The fraction of sp³-hybridized carbons (Fsp3) is 0.0909. The summed E-state index contributed by atoms with van der Waals surface area (Å²) in [5.74, 6) is 4.88. The number of benzene rings is 1. The standard InChI is InChI=1S/C11H11FN4O/c12-9-3-1-2-8(6-9)7-16-5-4-14-10(15-13)11(16)17/h1-6H,7,13H2,(H,14,15). The van der Waals surface area contributed by atoms with E-state index in [1.54, 1.807) is 12.1 Å². The number of hydrogen-bond donors (Lipinski definition) is 2. The second-order valence-corrected chi connectivity index (χ2v) is 3.48. The van der Waals surface area contributed by atoms with Crippen molar-refractivity contribution in [2.75, 3.05) is 5.43 Å². The van der Waals surface area contributed by atoms with Gasteiger partial charge in [-0.05, 0) is 17.7 Å². The molecule has 0 atom stereocenters. The number of nitrogen functional groups attached to an aromatic ring is 1. The smallest absolute Gasteiger partial charge is 0.294 e. The quantitative estimate of drug-likeness (QED) is 0.606. The number of nitrogens with two attached hydrogens (primary N) is 1. The van der Waals surface area contributed by atoms with Crippen LogP contribution >= 0.6 is 0 Å². The number of aromatic nitrogens is 2. The Kier molecular flexibility index (Phi) is 3.15. The molecule has 2 aromatic rings. The van der Waals surface area contributed by atoms with E-state index in [0.717, 1.165) is 0 Å². The maximum atomic E-state index is 13.0. The number of anilines is 1. The molecular formula is C11H11FN4O. The summed E-state index contributed by atoms with van der Waals surface area (Å²) in [6.45, 7) is 0.272. The molecule has 0 spiro atoms. The number of hydrazine groups is 1. The maximum Gasteiger partial charge on any atom is 0.294 e. The summed E-state index contributed by atoms with van der Waals surface area (Å²) in [6.07, 6.45) is 2.98. The molecule has 0 aliphatic heterocycles. The van der Waals surface area contributed by atoms with Crippen LogP contribution in [-0.2, 0) is 6.54 Å². The molecule has 1 aromatic heterocycles. The Morgan fingerprint density at radius 2 is 2.29 bits per heavy atom. The van der Waals surface area contributed by atoms with E-state index in [9.17, 15) is 9.18 Å². The number of hydrogen-bond acceptors (Lipinski definition) is 4. The molecule has 3 N–H and O–H groups in total. The molecule has 2 rings (SSSR count). The van der Waals surface area contributed by atoms with Crippen LogP contribution < -0.4 is 16.8 Å². The Hall–Kier alpha value is -2.21. The van der Waals surface area contributed by atoms with Crippen molar-refractivity contribution in [3.05, 3.63) is 58.4 Å². The van der Waals surface area contributed by atoms with Gasteiger partial charge in [-0.3, -0.25) is 4.79 Å². The third-order valence-electron chi connectivity index (χ3n) is 2.29. The zero-order valence-corrected chi connectivity index (χ0v) is 8.93. The molecule has 1 heterocycles. The van der Waals surface area contributed by atoms with Crippen molar-refractivity contribution < 1.29 is 4.39 Å². The van der Waals surface area contributed by atoms with Crippen molar-refractivity contribution in [2.45, 2.75) is 6.54 Å². The van der Waals surface area contributed by atoms with Crippen LogP contribution in [0, 0.1) is 5.82 Å². The summed E-state index contributed by atoms with van der Waals surface area (Å²) in [5.41, 5.74) is 2.56. The molecule has 5 nitrogen and oxygen atoms in total. The third-order valence-corrected chi connectivity index (χ3v) is 2.29. The SMILES string of the molecule is NNc1nccn(Cc2cccc(F)c2)c1=O. The lowest BCUT2D eigenvalue weighted by Crippen LogP contribution is -2.26. The molecule has 0 radical (unpaired) electrons. The first-order valence-electron chi connectivity index (χ1n) is 4.97. The molecule has 0 saturated carbocycles. The van der Waals surface area contributed by atoms with Gasteiger partial charge in [0.05, 0.1) is 6.54 Å². The highest BCUT2D eigenvalue weighted by Crippen LogP contribution is 2.04. The predicted octanol–water partition coefficient (Wildman–Crippen LogP) is 0.716. The molecule has 17 heavy (non-hydrogen) atoms. The van der Waals surface area contributed by atoms with Crippen LogP contribution in [0.4, 0.5) is 10.2 Å². The zero-order valence-electron chi connectivity index (χ0n) is 8.93. The topological polar surface area (TPSA) is 72.9 Å². The van der Waals surface area contributed by atoms with Gasteiger partial charge < -0.3 is 9.99 Å². The van der Waals surface area contributed by atoms with E-state index in [0.29, 0.717) is 5.56 Å². The summed E-state index contributed by atoms with van der Waals surface area (Å²) in [6, 6.07) is 6.07. The van der Waals surface area contributed by atoms with E-state index in [4.69, 9.17) is 5.84 Å². The van der Waals surface area contributed by atoms with Crippen molar-refractivity contribution in [2.24, 2.45) is 5.84 Å². The predicted molar refractivity (Wildman–Crippen MR) is 61.8 cm³/mol. The average Bonchev–Trinajstić information content (AvgIpc) is 2.32. The molecule has 0 amide bonds. The van der Waals surface area contributed by atoms with Gasteiger partial charge in [0.1, 0.15) is 5.82 Å². The van der Waals surface area contributed by atoms with Gasteiger partial charge in [0.15, 0.2) is 0 Å². The minimum atomic E-state index is -0.348. The van der Waals surface area contributed by atoms with Crippen molar-refractivity contribution in [3.63, 3.8) is 0 Å². The number of halogens is 1. The second-order valence-electron chi connectivity index (χ2n) is 3.48. The molecule has 0 unspecified atom stereocenters. The molecule has 0 bridgehead atoms. The van der Waals surface area contributed by atoms with Gasteiger partial charge in [-0.25, -0.2) is 15.2 Å². The van der Waals surface area contributed by atoms with Crippen LogP contribution in [0.5, 0.6) is 0 Å². The van der Waals surface area contributed by atoms with E-state index < -0.39 is 0 Å². The van der Waals surface area contributed by atoms with Crippen LogP contribution in [0.25, 0.3) is 0 Å². The lowest BCUT2D eigenvalue weighted by molar-refractivity contribution is 0.622. The lowest BCUT2D eigenvalue weighted by atomic mass is 10.2. The number of nitrogens with zero attached hydrogens (tertiary/aromatic N) is 2. The summed E-state index contributed by atoms with van der Waals surface area (Å²) >= 11 is 0. The van der Waals surface area contributed by atoms with Crippen molar-refractivity contribution in [3.8, 4) is 0 Å². The molecule has 0 fully saturated rings. The molecule has 0 saturated heterocycles. The van der Waals surface area contributed by atoms with Crippen molar-refractivity contribution in [1.82, 2.24) is 9.55 Å². The Morgan fingerprint density at radius 3 is 3.00 bits per heavy atom. The molecule has 88 valence electrons. The van der Waals surface area contributed by atoms with E-state index in [1.807, 2.05) is 0 Å². The van der Waals surface area contributed by atoms with Gasteiger partial charge >= 0.3 is 0 Å². The summed E-state index contributed by atoms with van der Waals surface area (Å²) < 4.78 is 14.4. The van der Waals surface area contributed by atoms with E-state index in [1.165, 1.54) is 29.1 Å². The Morgan fingerprint density at radius 1 is 1.47 bits per heavy atom. The first-order chi connectivity index (χ1) is 8.20. The average molecular weight is 234 g/mol. The van der Waals surface area contributed by atoms with E-state index >= 15 is 0 Å². The second kappa shape index (κ2) is 4.75. The van der Waals surface area contributed by atoms with Crippen LogP contribution in [0.15, 0.2) is 41.5 Å². The highest BCUT2D eigenvalue weighted by Gasteiger charge is 2.03. The molecule has 0 aliphatic rings. The van der Waals surface area contributed by atoms with E-state index in [-0.39, 0.29) is 23.7 Å². The fourth-order valence-electron chi connectivity index (χ4n) is 1.50. The monoisotopic (exact) mass is 234 g/mol. The van der Waals surface area contributed by atoms with E-state index in [2.05, 4.69) is 10.4 Å². The van der Waals surface area contributed by atoms with Crippen LogP contribution in [0.3, 0.4) is 0 Å². The highest BCUT2D eigenvalue weighted by atomic mass is 19.1. The third kappa shape index (κ3) is 2.48. The van der Waals surface area contributed by atoms with Gasteiger partial charge in [-0.15, -0.1) is 0 Å². The highest BCUT2D eigenvalue weighted by molar-refractivity contribution is 5.29. The van der Waals surface area contributed by atoms with Gasteiger partial charge in [0.2, 0.25) is 5.82 Å². The minimum Gasteiger partial charge on any atom is -0.306 e. The normalized spacial score (nSPS) is 10.2. The number of rotatable bonds is 3. The van der Waals surface area contributed by atoms with Crippen LogP contribution in [0.1, 0.15) is 5.56 Å². The van der Waals surface area contributed by atoms with Crippen LogP contribution in [0.2, 0.25) is 0 Å². The van der Waals surface area contributed by atoms with Gasteiger partial charge in [0.25, 0.3) is 5.56 Å². The van der Waals surface area contributed by atoms with Crippen LogP contribution in [-0.4, -0.2) is 9.55 Å². The first kappa shape index (κ1) is 11.3. The summed E-state index contributed by atoms with van der Waals surface area (Å²) in [7, 11) is 0. The molecule has 1 aromatic carbocycles. The molecule has 6 heteroatoms. The van der Waals surface area contributed by atoms with Gasteiger partial charge in [-0.1, -0.05) is 12.1 Å². The summed E-state index contributed by atoms with van der Waals surface area (Å²) in [4.78, 5) is 15.5. The van der Waals surface area contributed by atoms with Crippen molar-refractivity contribution >= 4 is 5.82 Å². The molecular weight excluding hydrogens is 223 g/mol. The zero-order chi connectivity index (χ0) is 12.3. The minimum absolute atomic E-state index is 0.0592. The lowest BCUT2D eigenvalue weighted by Gasteiger charge is -2.07. The first-order valence-corrected chi connectivity index (χ1v) is 4.97. The Balaban J connectivity index is 2.34. The summed E-state index contributed by atoms with van der Waals surface area (Å²) in [5, 5.41) is 0. The largest absolute Gasteiger partial charge is 0.306 e. The Labute approximate surface area is 96.7 Å². The molecule has 0 aliphatic carbocycles. The van der Waals surface area contributed by atoms with Crippen molar-refractivity contribution in [1.29, 1.82) is 0 Å². The van der Waals surface area contributed by atoms with Gasteiger partial charge in [0, 0.05) is 12.4 Å².